The molecule has 0 aromatic rings. The van der Waals surface area contributed by atoms with Gasteiger partial charge in [-0.25, -0.2) is 0 Å². The Balaban J connectivity index is 4.59. The minimum Gasteiger partial charge on any atom is -0.353 e. The summed E-state index contributed by atoms with van der Waals surface area (Å²) in [5.74, 6) is 0.405. The minimum atomic E-state index is -0.953. The average molecular weight is 267 g/mol. The molecule has 110 valence electrons. The molecule has 0 saturated carbocycles. The van der Waals surface area contributed by atoms with Gasteiger partial charge in [0.25, 0.3) is 0 Å². The van der Waals surface area contributed by atoms with Crippen molar-refractivity contribution in [2.45, 2.75) is 54.0 Å². The maximum atomic E-state index is 11.9. The molecule has 0 fully saturated rings. The summed E-state index contributed by atoms with van der Waals surface area (Å²) >= 11 is 0. The third-order valence-electron chi connectivity index (χ3n) is 3.42. The molecule has 19 heavy (non-hydrogen) atoms. The van der Waals surface area contributed by atoms with E-state index >= 15 is 0 Å². The first kappa shape index (κ1) is 17.9. The fraction of sp³-hybridized carbons (Fsp3) is 0.867. The summed E-state index contributed by atoms with van der Waals surface area (Å²) < 4.78 is 0. The Kier molecular flexibility index (Phi) is 7.70. The minimum absolute atomic E-state index is 0.184. The van der Waals surface area contributed by atoms with Gasteiger partial charge in [-0.15, -0.1) is 0 Å². The summed E-state index contributed by atoms with van der Waals surface area (Å²) in [4.78, 5) is 14.3. The van der Waals surface area contributed by atoms with Crippen molar-refractivity contribution in [3.05, 3.63) is 0 Å². The lowest BCUT2D eigenvalue weighted by molar-refractivity contribution is -0.127. The molecule has 0 aromatic carbocycles. The second-order valence-corrected chi connectivity index (χ2v) is 5.95. The number of hydrogen-bond donors (Lipinski definition) is 1. The lowest BCUT2D eigenvalue weighted by atomic mass is 9.94. The predicted octanol–water partition coefficient (Wildman–Crippen LogP) is 2.41. The number of nitrogens with one attached hydrogen (secondary N) is 1. The molecule has 4 heteroatoms. The Hall–Kier alpha value is -1.08. The molecule has 0 unspecified atom stereocenters. The van der Waals surface area contributed by atoms with E-state index in [-0.39, 0.29) is 5.91 Å². The Morgan fingerprint density at radius 2 is 1.84 bits per heavy atom. The quantitative estimate of drug-likeness (QED) is 0.734. The van der Waals surface area contributed by atoms with Crippen LogP contribution in [0.3, 0.4) is 0 Å². The molecule has 4 nitrogen and oxygen atoms in total. The summed E-state index contributed by atoms with van der Waals surface area (Å²) in [6, 6.07) is 2.38. The van der Waals surface area contributed by atoms with Crippen molar-refractivity contribution in [1.29, 1.82) is 5.26 Å². The normalized spacial score (nSPS) is 13.4. The SMILES string of the molecule is CCN(CC)[C@@H](CNC(=O)C(C)(C)C#N)CC(C)C. The highest BCUT2D eigenvalue weighted by molar-refractivity contribution is 5.84. The van der Waals surface area contributed by atoms with Crippen LogP contribution < -0.4 is 5.32 Å². The number of nitriles is 1. The number of amides is 1. The zero-order valence-corrected chi connectivity index (χ0v) is 13.3. The highest BCUT2D eigenvalue weighted by atomic mass is 16.2. The predicted molar refractivity (Wildman–Crippen MR) is 78.6 cm³/mol. The van der Waals surface area contributed by atoms with E-state index < -0.39 is 5.41 Å². The van der Waals surface area contributed by atoms with E-state index in [0.717, 1.165) is 19.5 Å². The van der Waals surface area contributed by atoms with Gasteiger partial charge in [0.1, 0.15) is 5.41 Å². The number of carbonyl (C=O) groups excluding carboxylic acids is 1. The van der Waals surface area contributed by atoms with Gasteiger partial charge in [0.05, 0.1) is 6.07 Å². The van der Waals surface area contributed by atoms with Crippen molar-refractivity contribution in [3.8, 4) is 6.07 Å². The Morgan fingerprint density at radius 1 is 1.32 bits per heavy atom. The first-order valence-corrected chi connectivity index (χ1v) is 7.22. The van der Waals surface area contributed by atoms with Crippen molar-refractivity contribution >= 4 is 5.91 Å². The molecule has 0 rings (SSSR count). The maximum absolute atomic E-state index is 11.9. The van der Waals surface area contributed by atoms with Gasteiger partial charge in [0.15, 0.2) is 0 Å². The highest BCUT2D eigenvalue weighted by Gasteiger charge is 2.28. The topological polar surface area (TPSA) is 56.1 Å². The van der Waals surface area contributed by atoms with Gasteiger partial charge < -0.3 is 5.32 Å². The van der Waals surface area contributed by atoms with Crippen molar-refractivity contribution in [3.63, 3.8) is 0 Å². The molecular formula is C15H29N3O. The van der Waals surface area contributed by atoms with Gasteiger partial charge in [-0.05, 0) is 39.3 Å². The molecular weight excluding hydrogens is 238 g/mol. The summed E-state index contributed by atoms with van der Waals surface area (Å²) in [6.45, 7) is 14.5. The number of nitrogens with zero attached hydrogens (tertiary/aromatic N) is 2. The largest absolute Gasteiger partial charge is 0.353 e. The van der Waals surface area contributed by atoms with Crippen molar-refractivity contribution in [2.24, 2.45) is 11.3 Å². The first-order chi connectivity index (χ1) is 8.78. The molecule has 0 spiro atoms. The van der Waals surface area contributed by atoms with E-state index in [1.165, 1.54) is 0 Å². The van der Waals surface area contributed by atoms with Crippen LogP contribution in [0.5, 0.6) is 0 Å². The van der Waals surface area contributed by atoms with E-state index in [0.29, 0.717) is 18.5 Å². The molecule has 0 radical (unpaired) electrons. The van der Waals surface area contributed by atoms with Gasteiger partial charge in [-0.3, -0.25) is 9.69 Å². The smallest absolute Gasteiger partial charge is 0.239 e. The Morgan fingerprint density at radius 3 is 2.21 bits per heavy atom. The van der Waals surface area contributed by atoms with E-state index in [4.69, 9.17) is 5.26 Å². The molecule has 0 aliphatic heterocycles. The van der Waals surface area contributed by atoms with Crippen LogP contribution in [0.2, 0.25) is 0 Å². The fourth-order valence-electron chi connectivity index (χ4n) is 2.13. The van der Waals surface area contributed by atoms with Gasteiger partial charge >= 0.3 is 0 Å². The summed E-state index contributed by atoms with van der Waals surface area (Å²) in [7, 11) is 0. The van der Waals surface area contributed by atoms with Crippen LogP contribution in [0.4, 0.5) is 0 Å². The van der Waals surface area contributed by atoms with E-state index in [1.54, 1.807) is 13.8 Å². The maximum Gasteiger partial charge on any atom is 0.239 e. The zero-order valence-electron chi connectivity index (χ0n) is 13.3. The molecule has 0 saturated heterocycles. The highest BCUT2D eigenvalue weighted by Crippen LogP contribution is 2.14. The second kappa shape index (κ2) is 8.16. The summed E-state index contributed by atoms with van der Waals surface area (Å²) in [6.07, 6.45) is 1.05. The number of hydrogen-bond acceptors (Lipinski definition) is 3. The van der Waals surface area contributed by atoms with E-state index in [9.17, 15) is 4.79 Å². The van der Waals surface area contributed by atoms with Gasteiger partial charge in [-0.1, -0.05) is 27.7 Å². The number of likely N-dealkylation sites (N-methyl/N-ethyl adjacent to an activating group) is 1. The summed E-state index contributed by atoms with van der Waals surface area (Å²) in [5, 5.41) is 11.9. The second-order valence-electron chi connectivity index (χ2n) is 5.95. The van der Waals surface area contributed by atoms with Gasteiger partial charge in [0, 0.05) is 12.6 Å². The summed E-state index contributed by atoms with van der Waals surface area (Å²) in [5.41, 5.74) is -0.953. The number of rotatable bonds is 8. The molecule has 1 atom stereocenters. The van der Waals surface area contributed by atoms with Crippen LogP contribution in [-0.4, -0.2) is 36.5 Å². The fourth-order valence-corrected chi connectivity index (χ4v) is 2.13. The lowest BCUT2D eigenvalue weighted by Gasteiger charge is -2.31. The lowest BCUT2D eigenvalue weighted by Crippen LogP contribution is -2.47. The van der Waals surface area contributed by atoms with E-state index in [2.05, 4.69) is 37.9 Å². The Bertz CT molecular complexity index is 314. The zero-order chi connectivity index (χ0) is 15.1. The van der Waals surface area contributed by atoms with Crippen LogP contribution in [0.25, 0.3) is 0 Å². The molecule has 1 N–H and O–H groups in total. The van der Waals surface area contributed by atoms with Gasteiger partial charge in [0.2, 0.25) is 5.91 Å². The van der Waals surface area contributed by atoms with E-state index in [1.807, 2.05) is 6.07 Å². The molecule has 0 bridgehead atoms. The van der Waals surface area contributed by atoms with Crippen LogP contribution in [0.1, 0.15) is 48.0 Å². The molecule has 0 aromatic heterocycles. The van der Waals surface area contributed by atoms with Crippen molar-refractivity contribution in [2.75, 3.05) is 19.6 Å². The van der Waals surface area contributed by atoms with Crippen LogP contribution >= 0.6 is 0 Å². The molecule has 0 aliphatic rings. The first-order valence-electron chi connectivity index (χ1n) is 7.22. The van der Waals surface area contributed by atoms with Gasteiger partial charge in [-0.2, -0.15) is 5.26 Å². The molecule has 0 aliphatic carbocycles. The standard InChI is InChI=1S/C15H29N3O/c1-7-18(8-2)13(9-12(3)4)10-17-14(19)15(5,6)11-16/h12-13H,7-10H2,1-6H3,(H,17,19)/t13-/m1/s1. The monoisotopic (exact) mass is 267 g/mol. The third kappa shape index (κ3) is 6.07. The van der Waals surface area contributed by atoms with Crippen molar-refractivity contribution < 1.29 is 4.79 Å². The van der Waals surface area contributed by atoms with Crippen molar-refractivity contribution in [1.82, 2.24) is 10.2 Å². The number of carbonyl (C=O) groups is 1. The Labute approximate surface area is 118 Å². The molecule has 1 amide bonds. The molecule has 0 heterocycles. The van der Waals surface area contributed by atoms with Crippen LogP contribution in [0.15, 0.2) is 0 Å². The third-order valence-corrected chi connectivity index (χ3v) is 3.42. The van der Waals surface area contributed by atoms with Crippen LogP contribution in [-0.2, 0) is 4.79 Å². The average Bonchev–Trinajstić information content (AvgIpc) is 2.35. The van der Waals surface area contributed by atoms with Crippen LogP contribution in [0, 0.1) is 22.7 Å².